The predicted octanol–water partition coefficient (Wildman–Crippen LogP) is 3.50. The van der Waals surface area contributed by atoms with E-state index in [2.05, 4.69) is 21.2 Å². The molecule has 7 heteroatoms. The molecule has 3 nitrogen and oxygen atoms in total. The Morgan fingerprint density at radius 3 is 2.47 bits per heavy atom. The maximum atomic E-state index is 13.5. The van der Waals surface area contributed by atoms with Gasteiger partial charge >= 0.3 is 0 Å². The number of anilines is 1. The molecule has 2 rings (SSSR count). The third-order valence-electron chi connectivity index (χ3n) is 2.38. The first-order valence-corrected chi connectivity index (χ1v) is 6.90. The fourth-order valence-electron chi connectivity index (χ4n) is 1.49. The number of nitrogens with one attached hydrogen (secondary N) is 1. The number of benzene rings is 1. The van der Waals surface area contributed by atoms with Crippen LogP contribution in [0.3, 0.4) is 0 Å². The van der Waals surface area contributed by atoms with Crippen molar-refractivity contribution in [2.24, 2.45) is 5.73 Å². The molecule has 1 aromatic carbocycles. The van der Waals surface area contributed by atoms with Gasteiger partial charge in [-0.3, -0.25) is 4.79 Å². The molecule has 1 heterocycles. The summed E-state index contributed by atoms with van der Waals surface area (Å²) < 4.78 is 27.4. The van der Waals surface area contributed by atoms with Crippen molar-refractivity contribution in [1.29, 1.82) is 0 Å². The lowest BCUT2D eigenvalue weighted by molar-refractivity contribution is 0.100. The van der Waals surface area contributed by atoms with Gasteiger partial charge in [0.2, 0.25) is 5.91 Å². The smallest absolute Gasteiger partial charge is 0.249 e. The minimum Gasteiger partial charge on any atom is -0.375 e. The average Bonchev–Trinajstić information content (AvgIpc) is 2.76. The standard InChI is InChI=1S/C12H9BrF2N2OS/c13-7-2-9(14)11(10(15)3-7)17-4-8-1-6(5-19-8)12(16)18/h1-3,5,17H,4H2,(H2,16,18). The summed E-state index contributed by atoms with van der Waals surface area (Å²) in [6.07, 6.45) is 0. The molecule has 0 radical (unpaired) electrons. The van der Waals surface area contributed by atoms with Gasteiger partial charge < -0.3 is 11.1 Å². The van der Waals surface area contributed by atoms with Gasteiger partial charge in [-0.1, -0.05) is 15.9 Å². The third-order valence-corrected chi connectivity index (χ3v) is 3.78. The van der Waals surface area contributed by atoms with E-state index < -0.39 is 17.5 Å². The molecule has 1 amide bonds. The Labute approximate surface area is 120 Å². The van der Waals surface area contributed by atoms with Crippen LogP contribution in [-0.4, -0.2) is 5.91 Å². The Morgan fingerprint density at radius 1 is 1.32 bits per heavy atom. The normalized spacial score (nSPS) is 10.5. The first kappa shape index (κ1) is 14.0. The summed E-state index contributed by atoms with van der Waals surface area (Å²) in [6, 6.07) is 3.94. The SMILES string of the molecule is NC(=O)c1csc(CNc2c(F)cc(Br)cc2F)c1. The van der Waals surface area contributed by atoms with Gasteiger partial charge in [0.05, 0.1) is 5.56 Å². The molecule has 0 unspecified atom stereocenters. The molecule has 19 heavy (non-hydrogen) atoms. The number of primary amides is 1. The number of carbonyl (C=O) groups is 1. The number of hydrogen-bond donors (Lipinski definition) is 2. The molecule has 0 aliphatic heterocycles. The highest BCUT2D eigenvalue weighted by Gasteiger charge is 2.11. The number of carbonyl (C=O) groups excluding carboxylic acids is 1. The van der Waals surface area contributed by atoms with Crippen LogP contribution < -0.4 is 11.1 Å². The molecule has 0 atom stereocenters. The zero-order chi connectivity index (χ0) is 14.0. The van der Waals surface area contributed by atoms with Crippen LogP contribution in [0.15, 0.2) is 28.1 Å². The molecule has 0 fully saturated rings. The molecule has 1 aromatic heterocycles. The van der Waals surface area contributed by atoms with Gasteiger partial charge in [0.25, 0.3) is 0 Å². The van der Waals surface area contributed by atoms with E-state index in [4.69, 9.17) is 5.73 Å². The van der Waals surface area contributed by atoms with E-state index in [1.54, 1.807) is 11.4 Å². The quantitative estimate of drug-likeness (QED) is 0.890. The molecule has 0 saturated carbocycles. The lowest BCUT2D eigenvalue weighted by Crippen LogP contribution is -2.09. The minimum atomic E-state index is -0.682. The summed E-state index contributed by atoms with van der Waals surface area (Å²) in [7, 11) is 0. The van der Waals surface area contributed by atoms with Crippen LogP contribution in [0.25, 0.3) is 0 Å². The largest absolute Gasteiger partial charge is 0.375 e. The molecule has 0 saturated heterocycles. The van der Waals surface area contributed by atoms with Gasteiger partial charge in [0.1, 0.15) is 17.3 Å². The Kier molecular flexibility index (Phi) is 4.16. The van der Waals surface area contributed by atoms with Gasteiger partial charge in [-0.05, 0) is 18.2 Å². The molecule has 0 aliphatic carbocycles. The highest BCUT2D eigenvalue weighted by molar-refractivity contribution is 9.10. The zero-order valence-corrected chi connectivity index (χ0v) is 11.9. The summed E-state index contributed by atoms with van der Waals surface area (Å²) in [5, 5.41) is 4.27. The monoisotopic (exact) mass is 346 g/mol. The predicted molar refractivity (Wildman–Crippen MR) is 74.2 cm³/mol. The van der Waals surface area contributed by atoms with Crippen molar-refractivity contribution in [3.8, 4) is 0 Å². The third kappa shape index (κ3) is 3.30. The topological polar surface area (TPSA) is 55.1 Å². The number of rotatable bonds is 4. The lowest BCUT2D eigenvalue weighted by Gasteiger charge is -2.08. The van der Waals surface area contributed by atoms with Gasteiger partial charge in [0.15, 0.2) is 0 Å². The average molecular weight is 347 g/mol. The van der Waals surface area contributed by atoms with Crippen LogP contribution >= 0.6 is 27.3 Å². The Hall–Kier alpha value is -1.47. The summed E-state index contributed by atoms with van der Waals surface area (Å²) in [4.78, 5) is 11.7. The highest BCUT2D eigenvalue weighted by Crippen LogP contribution is 2.25. The molecular formula is C12H9BrF2N2OS. The minimum absolute atomic E-state index is 0.197. The van der Waals surface area contributed by atoms with E-state index in [-0.39, 0.29) is 12.2 Å². The number of halogens is 3. The van der Waals surface area contributed by atoms with E-state index in [9.17, 15) is 13.6 Å². The summed E-state index contributed by atoms with van der Waals surface area (Å²) in [5.41, 5.74) is 5.31. The maximum absolute atomic E-state index is 13.5. The van der Waals surface area contributed by atoms with Crippen LogP contribution in [-0.2, 0) is 6.54 Å². The van der Waals surface area contributed by atoms with Crippen molar-refractivity contribution in [2.75, 3.05) is 5.32 Å². The molecule has 0 spiro atoms. The van der Waals surface area contributed by atoms with E-state index >= 15 is 0 Å². The van der Waals surface area contributed by atoms with E-state index in [0.29, 0.717) is 10.0 Å². The van der Waals surface area contributed by atoms with Gasteiger partial charge in [-0.2, -0.15) is 0 Å². The van der Waals surface area contributed by atoms with Crippen molar-refractivity contribution in [3.63, 3.8) is 0 Å². The van der Waals surface area contributed by atoms with E-state index in [1.807, 2.05) is 0 Å². The molecule has 0 bridgehead atoms. The summed E-state index contributed by atoms with van der Waals surface area (Å²) in [5.74, 6) is -1.89. The summed E-state index contributed by atoms with van der Waals surface area (Å²) >= 11 is 4.30. The van der Waals surface area contributed by atoms with Crippen LogP contribution in [0.2, 0.25) is 0 Å². The first-order chi connectivity index (χ1) is 8.97. The van der Waals surface area contributed by atoms with E-state index in [1.165, 1.54) is 23.5 Å². The Bertz CT molecular complexity index is 607. The van der Waals surface area contributed by atoms with Crippen molar-refractivity contribution in [2.45, 2.75) is 6.54 Å². The fraction of sp³-hybridized carbons (Fsp3) is 0.0833. The van der Waals surface area contributed by atoms with Crippen molar-refractivity contribution in [1.82, 2.24) is 0 Å². The van der Waals surface area contributed by atoms with Crippen molar-refractivity contribution >= 4 is 38.9 Å². The second kappa shape index (κ2) is 5.66. The highest BCUT2D eigenvalue weighted by atomic mass is 79.9. The number of nitrogens with two attached hydrogens (primary N) is 1. The van der Waals surface area contributed by atoms with Crippen LogP contribution in [0, 0.1) is 11.6 Å². The lowest BCUT2D eigenvalue weighted by atomic mass is 10.2. The first-order valence-electron chi connectivity index (χ1n) is 5.23. The molecule has 3 N–H and O–H groups in total. The van der Waals surface area contributed by atoms with E-state index in [0.717, 1.165) is 4.88 Å². The molecular weight excluding hydrogens is 338 g/mol. The molecule has 0 aliphatic rings. The Balaban J connectivity index is 2.12. The van der Waals surface area contributed by atoms with Gasteiger partial charge in [-0.25, -0.2) is 8.78 Å². The number of amides is 1. The second-order valence-corrected chi connectivity index (χ2v) is 5.68. The number of hydrogen-bond acceptors (Lipinski definition) is 3. The Morgan fingerprint density at radius 2 is 1.95 bits per heavy atom. The van der Waals surface area contributed by atoms with Gasteiger partial charge in [0, 0.05) is 21.3 Å². The van der Waals surface area contributed by atoms with Crippen LogP contribution in [0.4, 0.5) is 14.5 Å². The number of thiophene rings is 1. The fourth-order valence-corrected chi connectivity index (χ4v) is 2.70. The molecule has 2 aromatic rings. The van der Waals surface area contributed by atoms with Crippen molar-refractivity contribution < 1.29 is 13.6 Å². The van der Waals surface area contributed by atoms with Crippen molar-refractivity contribution in [3.05, 3.63) is 50.1 Å². The zero-order valence-electron chi connectivity index (χ0n) is 9.54. The maximum Gasteiger partial charge on any atom is 0.249 e. The summed E-state index contributed by atoms with van der Waals surface area (Å²) in [6.45, 7) is 0.216. The van der Waals surface area contributed by atoms with Crippen LogP contribution in [0.5, 0.6) is 0 Å². The van der Waals surface area contributed by atoms with Crippen LogP contribution in [0.1, 0.15) is 15.2 Å². The van der Waals surface area contributed by atoms with Gasteiger partial charge in [-0.15, -0.1) is 11.3 Å². The molecule has 100 valence electrons. The second-order valence-electron chi connectivity index (χ2n) is 3.76.